The van der Waals surface area contributed by atoms with Gasteiger partial charge in [0.15, 0.2) is 9.84 Å². The highest BCUT2D eigenvalue weighted by molar-refractivity contribution is 7.92. The van der Waals surface area contributed by atoms with Crippen molar-refractivity contribution in [1.29, 1.82) is 0 Å². The average molecular weight is 454 g/mol. The number of thiophene rings is 1. The zero-order valence-corrected chi connectivity index (χ0v) is 18.2. The Balaban J connectivity index is 1.94. The lowest BCUT2D eigenvalue weighted by molar-refractivity contribution is 0.569. The summed E-state index contributed by atoms with van der Waals surface area (Å²) < 4.78 is 67.6. The number of sulfone groups is 1. The van der Waals surface area contributed by atoms with Crippen molar-refractivity contribution in [1.82, 2.24) is 4.72 Å². The molecule has 1 N–H and O–H groups in total. The topological polar surface area (TPSA) is 80.3 Å². The monoisotopic (exact) mass is 453 g/mol. The van der Waals surface area contributed by atoms with Gasteiger partial charge in [-0.3, -0.25) is 0 Å². The smallest absolute Gasteiger partial charge is 0.223 e. The molecule has 5 nitrogen and oxygen atoms in total. The second kappa shape index (κ2) is 8.35. The second-order valence-corrected chi connectivity index (χ2v) is 11.5. The van der Waals surface area contributed by atoms with E-state index in [0.717, 1.165) is 17.7 Å². The van der Waals surface area contributed by atoms with E-state index in [9.17, 15) is 21.2 Å². The quantitative estimate of drug-likeness (QED) is 0.586. The first-order chi connectivity index (χ1) is 13.6. The summed E-state index contributed by atoms with van der Waals surface area (Å²) in [4.78, 5) is 0.569. The van der Waals surface area contributed by atoms with Crippen LogP contribution in [0.15, 0.2) is 69.8 Å². The molecule has 0 aliphatic rings. The van der Waals surface area contributed by atoms with Gasteiger partial charge in [0.05, 0.1) is 9.79 Å². The van der Waals surface area contributed by atoms with E-state index in [2.05, 4.69) is 4.72 Å². The van der Waals surface area contributed by atoms with Crippen LogP contribution in [-0.4, -0.2) is 23.4 Å². The standard InChI is InChI=1S/C20H20FNO4S3/c1-14-5-8-17(9-6-14)28(23,24)20(18-4-3-11-27-18)13-22-29(25,26)19-10-7-16(21)12-15(19)2/h3-12,20,22H,13H2,1-2H3/t20-/m1/s1. The molecule has 154 valence electrons. The summed E-state index contributed by atoms with van der Waals surface area (Å²) in [6.07, 6.45) is 0. The molecule has 2 aromatic carbocycles. The number of aryl methyl sites for hydroxylation is 2. The number of halogens is 1. The minimum Gasteiger partial charge on any atom is -0.223 e. The van der Waals surface area contributed by atoms with E-state index in [1.54, 1.807) is 29.6 Å². The molecule has 0 amide bonds. The first kappa shape index (κ1) is 21.6. The molecule has 0 unspecified atom stereocenters. The maximum absolute atomic E-state index is 13.3. The summed E-state index contributed by atoms with van der Waals surface area (Å²) in [7, 11) is -7.86. The zero-order chi connectivity index (χ0) is 21.2. The van der Waals surface area contributed by atoms with Gasteiger partial charge in [-0.2, -0.15) is 0 Å². The Kier molecular flexibility index (Phi) is 6.23. The summed E-state index contributed by atoms with van der Waals surface area (Å²) in [5.74, 6) is -0.542. The first-order valence-corrected chi connectivity index (χ1v) is 12.6. The second-order valence-electron chi connectivity index (χ2n) is 6.62. The molecule has 0 fully saturated rings. The number of hydrogen-bond donors (Lipinski definition) is 1. The average Bonchev–Trinajstić information content (AvgIpc) is 3.15. The predicted octanol–water partition coefficient (Wildman–Crippen LogP) is 4.00. The van der Waals surface area contributed by atoms with E-state index in [-0.39, 0.29) is 21.9 Å². The van der Waals surface area contributed by atoms with Crippen LogP contribution in [0.4, 0.5) is 4.39 Å². The highest BCUT2D eigenvalue weighted by Crippen LogP contribution is 2.32. The van der Waals surface area contributed by atoms with Gasteiger partial charge < -0.3 is 0 Å². The molecular weight excluding hydrogens is 433 g/mol. The summed E-state index contributed by atoms with van der Waals surface area (Å²) in [5, 5.41) is 0.659. The molecular formula is C20H20FNO4S3. The molecule has 0 saturated carbocycles. The molecule has 0 bridgehead atoms. The van der Waals surface area contributed by atoms with Gasteiger partial charge in [0, 0.05) is 11.4 Å². The maximum atomic E-state index is 13.3. The number of sulfonamides is 1. The van der Waals surface area contributed by atoms with Crippen molar-refractivity contribution in [2.45, 2.75) is 28.9 Å². The van der Waals surface area contributed by atoms with Crippen LogP contribution in [-0.2, 0) is 19.9 Å². The normalized spacial score (nSPS) is 13.3. The van der Waals surface area contributed by atoms with Crippen LogP contribution in [0, 0.1) is 19.7 Å². The molecule has 1 aromatic heterocycles. The molecule has 0 aliphatic heterocycles. The van der Waals surface area contributed by atoms with Crippen molar-refractivity contribution >= 4 is 31.2 Å². The highest BCUT2D eigenvalue weighted by Gasteiger charge is 2.31. The van der Waals surface area contributed by atoms with Crippen molar-refractivity contribution in [3.05, 3.63) is 81.8 Å². The number of benzene rings is 2. The van der Waals surface area contributed by atoms with Gasteiger partial charge in [-0.05, 0) is 61.2 Å². The molecule has 0 spiro atoms. The lowest BCUT2D eigenvalue weighted by atomic mass is 10.2. The first-order valence-electron chi connectivity index (χ1n) is 8.71. The molecule has 0 aliphatic carbocycles. The lowest BCUT2D eigenvalue weighted by Gasteiger charge is -2.18. The minimum atomic E-state index is -4.02. The third-order valence-electron chi connectivity index (χ3n) is 4.47. The Labute approximate surface area is 174 Å². The van der Waals surface area contributed by atoms with E-state index in [1.165, 1.54) is 36.5 Å². The summed E-state index contributed by atoms with van der Waals surface area (Å²) in [6.45, 7) is 3.00. The fraction of sp³-hybridized carbons (Fsp3) is 0.200. The van der Waals surface area contributed by atoms with Crippen molar-refractivity contribution in [2.24, 2.45) is 0 Å². The number of hydrogen-bond acceptors (Lipinski definition) is 5. The van der Waals surface area contributed by atoms with Crippen molar-refractivity contribution < 1.29 is 21.2 Å². The molecule has 3 aromatic rings. The Hall–Kier alpha value is -2.07. The SMILES string of the molecule is Cc1ccc(S(=O)(=O)[C@H](CNS(=O)(=O)c2ccc(F)cc2C)c2cccs2)cc1. The molecule has 9 heteroatoms. The van der Waals surface area contributed by atoms with Crippen LogP contribution in [0.5, 0.6) is 0 Å². The molecule has 29 heavy (non-hydrogen) atoms. The predicted molar refractivity (Wildman–Crippen MR) is 112 cm³/mol. The van der Waals surface area contributed by atoms with Crippen LogP contribution in [0.25, 0.3) is 0 Å². The van der Waals surface area contributed by atoms with E-state index >= 15 is 0 Å². The van der Waals surface area contributed by atoms with E-state index in [4.69, 9.17) is 0 Å². The van der Waals surface area contributed by atoms with Gasteiger partial charge in [0.2, 0.25) is 10.0 Å². The molecule has 1 heterocycles. The number of rotatable bonds is 7. The summed E-state index contributed by atoms with van der Waals surface area (Å²) >= 11 is 1.24. The Morgan fingerprint density at radius 1 is 1.00 bits per heavy atom. The summed E-state index contributed by atoms with van der Waals surface area (Å²) in [5.41, 5.74) is 1.16. The van der Waals surface area contributed by atoms with Gasteiger partial charge in [0.25, 0.3) is 0 Å². The highest BCUT2D eigenvalue weighted by atomic mass is 32.2. The lowest BCUT2D eigenvalue weighted by Crippen LogP contribution is -2.32. The van der Waals surface area contributed by atoms with Crippen LogP contribution >= 0.6 is 11.3 Å². The maximum Gasteiger partial charge on any atom is 0.240 e. The van der Waals surface area contributed by atoms with Crippen molar-refractivity contribution in [3.63, 3.8) is 0 Å². The Morgan fingerprint density at radius 3 is 2.28 bits per heavy atom. The van der Waals surface area contributed by atoms with Crippen molar-refractivity contribution in [2.75, 3.05) is 6.54 Å². The molecule has 3 rings (SSSR count). The van der Waals surface area contributed by atoms with Crippen LogP contribution < -0.4 is 4.72 Å². The van der Waals surface area contributed by atoms with Gasteiger partial charge in [-0.25, -0.2) is 25.9 Å². The van der Waals surface area contributed by atoms with Crippen molar-refractivity contribution in [3.8, 4) is 0 Å². The number of nitrogens with one attached hydrogen (secondary N) is 1. The van der Waals surface area contributed by atoms with Crippen LogP contribution in [0.3, 0.4) is 0 Å². The van der Waals surface area contributed by atoms with Crippen LogP contribution in [0.2, 0.25) is 0 Å². The van der Waals surface area contributed by atoms with E-state index in [1.807, 2.05) is 6.92 Å². The Morgan fingerprint density at radius 2 is 1.69 bits per heavy atom. The molecule has 1 atom stereocenters. The fourth-order valence-corrected chi connectivity index (χ4v) is 7.07. The molecule has 0 saturated heterocycles. The molecule has 0 radical (unpaired) electrons. The zero-order valence-electron chi connectivity index (χ0n) is 15.8. The van der Waals surface area contributed by atoms with Gasteiger partial charge in [0.1, 0.15) is 11.1 Å². The third kappa shape index (κ3) is 4.75. The van der Waals surface area contributed by atoms with Gasteiger partial charge in [-0.1, -0.05) is 23.8 Å². The Bertz CT molecular complexity index is 1200. The minimum absolute atomic E-state index is 0.0865. The van der Waals surface area contributed by atoms with Gasteiger partial charge >= 0.3 is 0 Å². The van der Waals surface area contributed by atoms with Gasteiger partial charge in [-0.15, -0.1) is 11.3 Å². The third-order valence-corrected chi connectivity index (χ3v) is 9.29. The fourth-order valence-electron chi connectivity index (χ4n) is 2.91. The van der Waals surface area contributed by atoms with E-state index in [0.29, 0.717) is 4.88 Å². The van der Waals surface area contributed by atoms with E-state index < -0.39 is 30.9 Å². The summed E-state index contributed by atoms with van der Waals surface area (Å²) in [6, 6.07) is 13.2. The largest absolute Gasteiger partial charge is 0.240 e. The van der Waals surface area contributed by atoms with Crippen LogP contribution in [0.1, 0.15) is 21.3 Å².